The van der Waals surface area contributed by atoms with Crippen LogP contribution in [0.5, 0.6) is 0 Å². The molecule has 28 heavy (non-hydrogen) atoms. The number of aliphatic carboxylic acids is 1. The number of rotatable bonds is 4. The van der Waals surface area contributed by atoms with Gasteiger partial charge in [-0.2, -0.15) is 0 Å². The lowest BCUT2D eigenvalue weighted by atomic mass is 9.80. The van der Waals surface area contributed by atoms with E-state index in [1.165, 1.54) is 0 Å². The van der Waals surface area contributed by atoms with Crippen LogP contribution in [0.15, 0.2) is 30.6 Å². The second-order valence-electron chi connectivity index (χ2n) is 7.87. The zero-order valence-electron chi connectivity index (χ0n) is 15.9. The fourth-order valence-electron chi connectivity index (χ4n) is 4.06. The van der Waals surface area contributed by atoms with E-state index in [1.807, 2.05) is 36.6 Å². The highest BCUT2D eigenvalue weighted by atomic mass is 16.4. The van der Waals surface area contributed by atoms with Crippen LogP contribution in [-0.2, 0) is 10.2 Å². The SMILES string of the molecule is Cc1cc(C)c2nc(C3CC3)n(-c3ncc(C4(C(=O)O)CC=CC4)cn3)c2n1. The molecule has 0 aliphatic heterocycles. The van der Waals surface area contributed by atoms with Crippen LogP contribution in [0, 0.1) is 13.8 Å². The first-order valence-corrected chi connectivity index (χ1v) is 9.57. The number of nitrogens with zero attached hydrogens (tertiary/aromatic N) is 5. The minimum atomic E-state index is -0.958. The second-order valence-corrected chi connectivity index (χ2v) is 7.87. The fraction of sp³-hybridized carbons (Fsp3) is 0.381. The highest BCUT2D eigenvalue weighted by Crippen LogP contribution is 2.42. The molecule has 3 aromatic heterocycles. The van der Waals surface area contributed by atoms with E-state index in [9.17, 15) is 9.90 Å². The van der Waals surface area contributed by atoms with Crippen molar-refractivity contribution in [3.8, 4) is 5.95 Å². The third-order valence-electron chi connectivity index (χ3n) is 5.80. The Kier molecular flexibility index (Phi) is 3.62. The molecule has 3 heterocycles. The summed E-state index contributed by atoms with van der Waals surface area (Å²) in [6, 6.07) is 2.03. The second kappa shape index (κ2) is 5.95. The van der Waals surface area contributed by atoms with E-state index in [0.717, 1.165) is 41.1 Å². The molecule has 1 saturated carbocycles. The van der Waals surface area contributed by atoms with Crippen LogP contribution in [0.25, 0.3) is 17.1 Å². The van der Waals surface area contributed by atoms with Crippen molar-refractivity contribution in [3.05, 3.63) is 53.3 Å². The van der Waals surface area contributed by atoms with Gasteiger partial charge in [0, 0.05) is 29.6 Å². The Morgan fingerprint density at radius 1 is 1.14 bits per heavy atom. The number of carboxylic acids is 1. The Hall–Kier alpha value is -3.09. The maximum absolute atomic E-state index is 11.9. The van der Waals surface area contributed by atoms with Gasteiger partial charge in [0.15, 0.2) is 5.65 Å². The highest BCUT2D eigenvalue weighted by Gasteiger charge is 2.41. The van der Waals surface area contributed by atoms with Crippen LogP contribution in [0.2, 0.25) is 0 Å². The Bertz CT molecular complexity index is 1120. The molecule has 1 N–H and O–H groups in total. The zero-order chi connectivity index (χ0) is 19.5. The van der Waals surface area contributed by atoms with Crippen molar-refractivity contribution in [2.24, 2.45) is 0 Å². The van der Waals surface area contributed by atoms with Gasteiger partial charge in [-0.15, -0.1) is 0 Å². The van der Waals surface area contributed by atoms with Crippen LogP contribution in [0.1, 0.15) is 54.2 Å². The van der Waals surface area contributed by atoms with Crippen LogP contribution in [0.3, 0.4) is 0 Å². The molecule has 0 spiro atoms. The Balaban J connectivity index is 1.65. The number of carbonyl (C=O) groups is 1. The number of fused-ring (bicyclic) bond motifs is 1. The Morgan fingerprint density at radius 2 is 1.82 bits per heavy atom. The minimum absolute atomic E-state index is 0.404. The average molecular weight is 375 g/mol. The van der Waals surface area contributed by atoms with E-state index in [-0.39, 0.29) is 0 Å². The van der Waals surface area contributed by atoms with Gasteiger partial charge in [-0.3, -0.25) is 4.79 Å². The summed E-state index contributed by atoms with van der Waals surface area (Å²) < 4.78 is 1.94. The number of carboxylic acid groups (broad SMARTS) is 1. The Labute approximate surface area is 162 Å². The van der Waals surface area contributed by atoms with Crippen molar-refractivity contribution in [2.75, 3.05) is 0 Å². The summed E-state index contributed by atoms with van der Waals surface area (Å²) in [5, 5.41) is 9.78. The molecule has 0 radical (unpaired) electrons. The first kappa shape index (κ1) is 17.0. The van der Waals surface area contributed by atoms with Crippen molar-refractivity contribution >= 4 is 17.1 Å². The minimum Gasteiger partial charge on any atom is -0.481 e. The number of aryl methyl sites for hydroxylation is 2. The molecule has 142 valence electrons. The van der Waals surface area contributed by atoms with Gasteiger partial charge in [0.1, 0.15) is 16.8 Å². The number of imidazole rings is 1. The fourth-order valence-corrected chi connectivity index (χ4v) is 4.06. The van der Waals surface area contributed by atoms with Crippen LogP contribution >= 0.6 is 0 Å². The molecule has 0 unspecified atom stereocenters. The molecule has 0 aromatic carbocycles. The van der Waals surface area contributed by atoms with Crippen molar-refractivity contribution in [2.45, 2.75) is 50.9 Å². The largest absolute Gasteiger partial charge is 0.481 e. The number of aromatic nitrogens is 5. The first-order valence-electron chi connectivity index (χ1n) is 9.57. The van der Waals surface area contributed by atoms with Crippen LogP contribution in [-0.4, -0.2) is 35.6 Å². The number of hydrogen-bond donors (Lipinski definition) is 1. The highest BCUT2D eigenvalue weighted by molar-refractivity contribution is 5.82. The molecule has 1 fully saturated rings. The number of allylic oxidation sites excluding steroid dienone is 2. The van der Waals surface area contributed by atoms with Gasteiger partial charge in [-0.25, -0.2) is 24.5 Å². The summed E-state index contributed by atoms with van der Waals surface area (Å²) >= 11 is 0. The van der Waals surface area contributed by atoms with Crippen LogP contribution in [0.4, 0.5) is 0 Å². The monoisotopic (exact) mass is 375 g/mol. The van der Waals surface area contributed by atoms with Gasteiger partial charge in [0.25, 0.3) is 0 Å². The standard InChI is InChI=1S/C21H21N5O2/c1-12-9-13(2)24-18-16(12)25-17(14-5-6-14)26(18)20-22-10-15(11-23-20)21(19(27)28)7-3-4-8-21/h3-4,9-11,14H,5-8H2,1-2H3,(H,27,28). The molecular weight excluding hydrogens is 354 g/mol. The molecular formula is C21H21N5O2. The predicted octanol–water partition coefficient (Wildman–Crippen LogP) is 3.38. The van der Waals surface area contributed by atoms with Crippen molar-refractivity contribution in [1.82, 2.24) is 24.5 Å². The molecule has 5 rings (SSSR count). The molecule has 7 heteroatoms. The van der Waals surface area contributed by atoms with E-state index >= 15 is 0 Å². The summed E-state index contributed by atoms with van der Waals surface area (Å²) in [5.74, 6) is 1.01. The third-order valence-corrected chi connectivity index (χ3v) is 5.80. The average Bonchev–Trinajstić information content (AvgIpc) is 3.25. The lowest BCUT2D eigenvalue weighted by molar-refractivity contribution is -0.143. The number of hydrogen-bond acceptors (Lipinski definition) is 5. The van der Waals surface area contributed by atoms with E-state index in [0.29, 0.717) is 30.3 Å². The van der Waals surface area contributed by atoms with Gasteiger partial charge < -0.3 is 5.11 Å². The molecule has 0 atom stereocenters. The molecule has 3 aromatic rings. The molecule has 2 aliphatic rings. The lowest BCUT2D eigenvalue weighted by Crippen LogP contribution is -2.33. The molecule has 7 nitrogen and oxygen atoms in total. The summed E-state index contributed by atoms with van der Waals surface area (Å²) in [7, 11) is 0. The quantitative estimate of drug-likeness (QED) is 0.703. The van der Waals surface area contributed by atoms with Crippen molar-refractivity contribution < 1.29 is 9.90 Å². The van der Waals surface area contributed by atoms with Crippen LogP contribution < -0.4 is 0 Å². The molecule has 2 aliphatic carbocycles. The normalized spacial score (nSPS) is 18.1. The summed E-state index contributed by atoms with van der Waals surface area (Å²) in [6.45, 7) is 4.01. The van der Waals surface area contributed by atoms with Gasteiger partial charge in [0.2, 0.25) is 5.95 Å². The van der Waals surface area contributed by atoms with Crippen molar-refractivity contribution in [1.29, 1.82) is 0 Å². The van der Waals surface area contributed by atoms with E-state index in [1.54, 1.807) is 12.4 Å². The molecule has 0 bridgehead atoms. The smallest absolute Gasteiger partial charge is 0.314 e. The number of pyridine rings is 1. The topological polar surface area (TPSA) is 93.8 Å². The predicted molar refractivity (Wildman–Crippen MR) is 104 cm³/mol. The van der Waals surface area contributed by atoms with Gasteiger partial charge >= 0.3 is 5.97 Å². The lowest BCUT2D eigenvalue weighted by Gasteiger charge is -2.23. The third kappa shape index (κ3) is 2.46. The zero-order valence-corrected chi connectivity index (χ0v) is 15.9. The summed E-state index contributed by atoms with van der Waals surface area (Å²) in [6.07, 6.45) is 10.3. The van der Waals surface area contributed by atoms with E-state index in [2.05, 4.69) is 9.97 Å². The van der Waals surface area contributed by atoms with Gasteiger partial charge in [0.05, 0.1) is 0 Å². The van der Waals surface area contributed by atoms with E-state index in [4.69, 9.17) is 9.97 Å². The molecule has 0 amide bonds. The van der Waals surface area contributed by atoms with Gasteiger partial charge in [-0.1, -0.05) is 12.2 Å². The summed E-state index contributed by atoms with van der Waals surface area (Å²) in [5.41, 5.74) is 3.32. The van der Waals surface area contributed by atoms with Gasteiger partial charge in [-0.05, 0) is 51.2 Å². The summed E-state index contributed by atoms with van der Waals surface area (Å²) in [4.78, 5) is 30.6. The van der Waals surface area contributed by atoms with E-state index < -0.39 is 11.4 Å². The maximum Gasteiger partial charge on any atom is 0.314 e. The Morgan fingerprint density at radius 3 is 2.43 bits per heavy atom. The maximum atomic E-state index is 11.9. The molecule has 0 saturated heterocycles. The van der Waals surface area contributed by atoms with Crippen molar-refractivity contribution in [3.63, 3.8) is 0 Å². The first-order chi connectivity index (χ1) is 13.5.